The number of hydrogen-bond donors (Lipinski definition) is 0. The van der Waals surface area contributed by atoms with E-state index in [-0.39, 0.29) is 23.3 Å². The quantitative estimate of drug-likeness (QED) is 0.725. The average Bonchev–Trinajstić information content (AvgIpc) is 2.17. The molecular formula is C15H26O3. The standard InChI is InChI=1S/C15H26O3/c1-10(2)8-13(16)17-12-9-11-6-7-15(12,5)18-14(11,3)4/h10-12H,6-9H2,1-5H3. The van der Waals surface area contributed by atoms with Gasteiger partial charge in [-0.3, -0.25) is 4.79 Å². The topological polar surface area (TPSA) is 35.5 Å². The van der Waals surface area contributed by atoms with E-state index in [4.69, 9.17) is 9.47 Å². The van der Waals surface area contributed by atoms with E-state index in [1.165, 1.54) is 6.42 Å². The SMILES string of the molecule is CC(C)CC(=O)OC1CC2CCC1(C)OC2(C)C. The summed E-state index contributed by atoms with van der Waals surface area (Å²) >= 11 is 0. The molecule has 3 fully saturated rings. The molecule has 3 nitrogen and oxygen atoms in total. The molecule has 3 atom stereocenters. The maximum atomic E-state index is 11.8. The summed E-state index contributed by atoms with van der Waals surface area (Å²) in [5, 5.41) is 0. The zero-order valence-corrected chi connectivity index (χ0v) is 12.3. The second kappa shape index (κ2) is 4.52. The minimum absolute atomic E-state index is 0.0597. The molecule has 0 aromatic carbocycles. The van der Waals surface area contributed by atoms with Crippen LogP contribution in [-0.4, -0.2) is 23.3 Å². The van der Waals surface area contributed by atoms with Crippen molar-refractivity contribution >= 4 is 5.97 Å². The molecule has 0 radical (unpaired) electrons. The molecule has 0 N–H and O–H groups in total. The molecule has 0 aromatic heterocycles. The van der Waals surface area contributed by atoms with Crippen LogP contribution in [0.15, 0.2) is 0 Å². The van der Waals surface area contributed by atoms with Gasteiger partial charge in [-0.15, -0.1) is 0 Å². The van der Waals surface area contributed by atoms with Crippen LogP contribution in [0, 0.1) is 11.8 Å². The fourth-order valence-corrected chi connectivity index (χ4v) is 3.39. The highest BCUT2D eigenvalue weighted by Gasteiger charge is 2.55. The highest BCUT2D eigenvalue weighted by atomic mass is 16.6. The van der Waals surface area contributed by atoms with Gasteiger partial charge in [-0.1, -0.05) is 13.8 Å². The molecule has 1 aliphatic carbocycles. The largest absolute Gasteiger partial charge is 0.459 e. The van der Waals surface area contributed by atoms with Gasteiger partial charge in [0.05, 0.1) is 5.60 Å². The second-order valence-electron chi connectivity index (χ2n) is 7.07. The van der Waals surface area contributed by atoms with E-state index in [1.54, 1.807) is 0 Å². The van der Waals surface area contributed by atoms with Gasteiger partial charge < -0.3 is 9.47 Å². The van der Waals surface area contributed by atoms with Gasteiger partial charge >= 0.3 is 5.97 Å². The Kier molecular flexibility index (Phi) is 3.48. The Morgan fingerprint density at radius 3 is 2.56 bits per heavy atom. The van der Waals surface area contributed by atoms with Crippen molar-refractivity contribution in [2.75, 3.05) is 0 Å². The van der Waals surface area contributed by atoms with Crippen molar-refractivity contribution in [3.05, 3.63) is 0 Å². The third kappa shape index (κ3) is 2.56. The first-order valence-electron chi connectivity index (χ1n) is 7.12. The molecule has 3 heteroatoms. The zero-order chi connectivity index (χ0) is 13.6. The predicted octanol–water partition coefficient (Wildman–Crippen LogP) is 3.31. The monoisotopic (exact) mass is 254 g/mol. The molecule has 3 unspecified atom stereocenters. The van der Waals surface area contributed by atoms with Crippen LogP contribution < -0.4 is 0 Å². The summed E-state index contributed by atoms with van der Waals surface area (Å²) in [5.74, 6) is 0.782. The fraction of sp³-hybridized carbons (Fsp3) is 0.933. The molecular weight excluding hydrogens is 228 g/mol. The van der Waals surface area contributed by atoms with Crippen LogP contribution in [0.1, 0.15) is 60.3 Å². The zero-order valence-electron chi connectivity index (χ0n) is 12.3. The van der Waals surface area contributed by atoms with E-state index < -0.39 is 0 Å². The summed E-state index contributed by atoms with van der Waals surface area (Å²) < 4.78 is 11.9. The first-order chi connectivity index (χ1) is 8.23. The average molecular weight is 254 g/mol. The minimum atomic E-state index is -0.287. The van der Waals surface area contributed by atoms with Crippen LogP contribution >= 0.6 is 0 Å². The van der Waals surface area contributed by atoms with E-state index in [2.05, 4.69) is 20.8 Å². The molecule has 2 bridgehead atoms. The van der Waals surface area contributed by atoms with E-state index in [0.717, 1.165) is 12.8 Å². The number of carbonyl (C=O) groups is 1. The Balaban J connectivity index is 2.02. The third-order valence-electron chi connectivity index (χ3n) is 4.50. The van der Waals surface area contributed by atoms with E-state index in [1.807, 2.05) is 13.8 Å². The fourth-order valence-electron chi connectivity index (χ4n) is 3.39. The van der Waals surface area contributed by atoms with Crippen LogP contribution in [0.4, 0.5) is 0 Å². The molecule has 1 saturated carbocycles. The van der Waals surface area contributed by atoms with Crippen LogP contribution in [0.25, 0.3) is 0 Å². The Bertz CT molecular complexity index is 335. The molecule has 2 saturated heterocycles. The number of rotatable bonds is 3. The lowest BCUT2D eigenvalue weighted by Gasteiger charge is -2.57. The van der Waals surface area contributed by atoms with Gasteiger partial charge in [0, 0.05) is 6.42 Å². The summed E-state index contributed by atoms with van der Waals surface area (Å²) in [6.45, 7) is 10.5. The van der Waals surface area contributed by atoms with E-state index in [0.29, 0.717) is 18.3 Å². The van der Waals surface area contributed by atoms with Crippen molar-refractivity contribution in [1.29, 1.82) is 0 Å². The van der Waals surface area contributed by atoms with Crippen molar-refractivity contribution in [2.45, 2.75) is 77.6 Å². The Morgan fingerprint density at radius 1 is 1.39 bits per heavy atom. The summed E-state index contributed by atoms with van der Waals surface area (Å²) in [5.41, 5.74) is -0.362. The van der Waals surface area contributed by atoms with Crippen molar-refractivity contribution < 1.29 is 14.3 Å². The molecule has 2 heterocycles. The van der Waals surface area contributed by atoms with Gasteiger partial charge in [-0.2, -0.15) is 0 Å². The highest BCUT2D eigenvalue weighted by Crippen LogP contribution is 2.50. The molecule has 104 valence electrons. The van der Waals surface area contributed by atoms with E-state index >= 15 is 0 Å². The number of hydrogen-bond acceptors (Lipinski definition) is 3. The van der Waals surface area contributed by atoms with Gasteiger partial charge in [0.25, 0.3) is 0 Å². The number of carbonyl (C=O) groups excluding carboxylic acids is 1. The maximum absolute atomic E-state index is 11.8. The molecule has 2 aliphatic heterocycles. The smallest absolute Gasteiger partial charge is 0.306 e. The van der Waals surface area contributed by atoms with Crippen LogP contribution in [0.3, 0.4) is 0 Å². The lowest BCUT2D eigenvalue weighted by molar-refractivity contribution is -0.278. The summed E-state index contributed by atoms with van der Waals surface area (Å²) in [4.78, 5) is 11.8. The number of ether oxygens (including phenoxy) is 2. The van der Waals surface area contributed by atoms with Crippen molar-refractivity contribution in [1.82, 2.24) is 0 Å². The lowest BCUT2D eigenvalue weighted by Crippen LogP contribution is -2.62. The first kappa shape index (κ1) is 13.9. The maximum Gasteiger partial charge on any atom is 0.306 e. The van der Waals surface area contributed by atoms with E-state index in [9.17, 15) is 4.79 Å². The predicted molar refractivity (Wildman–Crippen MR) is 70.2 cm³/mol. The molecule has 18 heavy (non-hydrogen) atoms. The molecule has 0 spiro atoms. The van der Waals surface area contributed by atoms with Crippen LogP contribution in [0.5, 0.6) is 0 Å². The summed E-state index contributed by atoms with van der Waals surface area (Å²) in [7, 11) is 0. The van der Waals surface area contributed by atoms with Gasteiger partial charge in [0.1, 0.15) is 11.7 Å². The van der Waals surface area contributed by atoms with Crippen molar-refractivity contribution in [3.63, 3.8) is 0 Å². The minimum Gasteiger partial charge on any atom is -0.459 e. The number of esters is 1. The summed E-state index contributed by atoms with van der Waals surface area (Å²) in [6, 6.07) is 0. The van der Waals surface area contributed by atoms with Gasteiger partial charge in [-0.05, 0) is 51.9 Å². The number of fused-ring (bicyclic) bond motifs is 3. The normalized spacial score (nSPS) is 37.9. The molecule has 3 rings (SSSR count). The second-order valence-corrected chi connectivity index (χ2v) is 7.07. The Morgan fingerprint density at radius 2 is 2.06 bits per heavy atom. The molecule has 0 amide bonds. The Hall–Kier alpha value is -0.570. The lowest BCUT2D eigenvalue weighted by atomic mass is 9.67. The van der Waals surface area contributed by atoms with Crippen LogP contribution in [-0.2, 0) is 14.3 Å². The molecule has 3 aliphatic rings. The van der Waals surface area contributed by atoms with Gasteiger partial charge in [-0.25, -0.2) is 0 Å². The Labute approximate surface area is 110 Å². The first-order valence-corrected chi connectivity index (χ1v) is 7.12. The third-order valence-corrected chi connectivity index (χ3v) is 4.50. The van der Waals surface area contributed by atoms with Crippen molar-refractivity contribution in [2.24, 2.45) is 11.8 Å². The van der Waals surface area contributed by atoms with Gasteiger partial charge in [0.2, 0.25) is 0 Å². The highest BCUT2D eigenvalue weighted by molar-refractivity contribution is 5.69. The summed E-state index contributed by atoms with van der Waals surface area (Å²) in [6.07, 6.45) is 3.58. The van der Waals surface area contributed by atoms with Crippen molar-refractivity contribution in [3.8, 4) is 0 Å². The van der Waals surface area contributed by atoms with Gasteiger partial charge in [0.15, 0.2) is 0 Å². The van der Waals surface area contributed by atoms with Crippen LogP contribution in [0.2, 0.25) is 0 Å². The molecule has 0 aromatic rings.